The van der Waals surface area contributed by atoms with Crippen LogP contribution < -0.4 is 5.32 Å². The SMILES string of the molecule is O=C(C=Cc1ccccc1Br)NCC1CCCC(O)C1. The van der Waals surface area contributed by atoms with Gasteiger partial charge in [0.15, 0.2) is 0 Å². The highest BCUT2D eigenvalue weighted by Gasteiger charge is 2.20. The van der Waals surface area contributed by atoms with Crippen LogP contribution in [0.15, 0.2) is 34.8 Å². The summed E-state index contributed by atoms with van der Waals surface area (Å²) in [5.74, 6) is 0.320. The van der Waals surface area contributed by atoms with Gasteiger partial charge in [-0.3, -0.25) is 4.79 Å². The van der Waals surface area contributed by atoms with E-state index < -0.39 is 0 Å². The van der Waals surface area contributed by atoms with Gasteiger partial charge in [0.1, 0.15) is 0 Å². The predicted molar refractivity (Wildman–Crippen MR) is 84.2 cm³/mol. The van der Waals surface area contributed by atoms with Crippen molar-refractivity contribution in [1.82, 2.24) is 5.32 Å². The summed E-state index contributed by atoms with van der Waals surface area (Å²) < 4.78 is 0.972. The minimum Gasteiger partial charge on any atom is -0.393 e. The van der Waals surface area contributed by atoms with Gasteiger partial charge in [-0.2, -0.15) is 0 Å². The second-order valence-electron chi connectivity index (χ2n) is 5.29. The van der Waals surface area contributed by atoms with Gasteiger partial charge in [0.05, 0.1) is 6.10 Å². The summed E-state index contributed by atoms with van der Waals surface area (Å²) in [6, 6.07) is 7.77. The molecule has 0 radical (unpaired) electrons. The third kappa shape index (κ3) is 4.76. The molecule has 0 bridgehead atoms. The van der Waals surface area contributed by atoms with Gasteiger partial charge in [0, 0.05) is 17.1 Å². The van der Waals surface area contributed by atoms with E-state index in [9.17, 15) is 9.90 Å². The molecule has 1 aromatic carbocycles. The molecule has 0 aromatic heterocycles. The Kier molecular flexibility index (Phi) is 5.80. The van der Waals surface area contributed by atoms with Crippen molar-refractivity contribution in [1.29, 1.82) is 0 Å². The average Bonchev–Trinajstić information content (AvgIpc) is 2.44. The maximum absolute atomic E-state index is 11.8. The van der Waals surface area contributed by atoms with Gasteiger partial charge in [0.2, 0.25) is 5.91 Å². The van der Waals surface area contributed by atoms with E-state index in [-0.39, 0.29) is 12.0 Å². The molecule has 0 aliphatic heterocycles. The Morgan fingerprint density at radius 3 is 2.95 bits per heavy atom. The summed E-state index contributed by atoms with van der Waals surface area (Å²) >= 11 is 3.44. The van der Waals surface area contributed by atoms with Crippen LogP contribution >= 0.6 is 15.9 Å². The first-order valence-electron chi connectivity index (χ1n) is 7.03. The molecule has 1 aliphatic carbocycles. The largest absolute Gasteiger partial charge is 0.393 e. The summed E-state index contributed by atoms with van der Waals surface area (Å²) in [5, 5.41) is 12.5. The maximum Gasteiger partial charge on any atom is 0.244 e. The van der Waals surface area contributed by atoms with Gasteiger partial charge in [-0.25, -0.2) is 0 Å². The minimum absolute atomic E-state index is 0.0826. The Labute approximate surface area is 128 Å². The van der Waals surface area contributed by atoms with Crippen molar-refractivity contribution >= 4 is 27.9 Å². The van der Waals surface area contributed by atoms with Gasteiger partial charge in [-0.1, -0.05) is 40.5 Å². The molecule has 1 amide bonds. The van der Waals surface area contributed by atoms with Crippen molar-refractivity contribution in [2.45, 2.75) is 31.8 Å². The van der Waals surface area contributed by atoms with Crippen molar-refractivity contribution in [3.63, 3.8) is 0 Å². The van der Waals surface area contributed by atoms with Crippen LogP contribution in [0, 0.1) is 5.92 Å². The van der Waals surface area contributed by atoms with E-state index >= 15 is 0 Å². The highest BCUT2D eigenvalue weighted by molar-refractivity contribution is 9.10. The van der Waals surface area contributed by atoms with Gasteiger partial charge in [-0.15, -0.1) is 0 Å². The molecule has 2 N–H and O–H groups in total. The quantitative estimate of drug-likeness (QED) is 0.829. The number of aliphatic hydroxyl groups excluding tert-OH is 1. The first-order valence-corrected chi connectivity index (χ1v) is 7.83. The van der Waals surface area contributed by atoms with Crippen molar-refractivity contribution in [2.24, 2.45) is 5.92 Å². The highest BCUT2D eigenvalue weighted by atomic mass is 79.9. The third-order valence-corrected chi connectivity index (χ3v) is 4.36. The fourth-order valence-corrected chi connectivity index (χ4v) is 2.94. The fourth-order valence-electron chi connectivity index (χ4n) is 2.53. The zero-order valence-corrected chi connectivity index (χ0v) is 13.0. The number of aliphatic hydroxyl groups is 1. The summed E-state index contributed by atoms with van der Waals surface area (Å²) in [4.78, 5) is 11.8. The molecule has 1 saturated carbocycles. The van der Waals surface area contributed by atoms with Crippen LogP contribution in [0.5, 0.6) is 0 Å². The Hall–Kier alpha value is -1.13. The van der Waals surface area contributed by atoms with Crippen molar-refractivity contribution < 1.29 is 9.90 Å². The molecule has 108 valence electrons. The number of amides is 1. The molecular formula is C16H20BrNO2. The lowest BCUT2D eigenvalue weighted by Crippen LogP contribution is -2.32. The van der Waals surface area contributed by atoms with E-state index in [0.717, 1.165) is 35.7 Å². The molecule has 20 heavy (non-hydrogen) atoms. The Morgan fingerprint density at radius 1 is 1.40 bits per heavy atom. The van der Waals surface area contributed by atoms with Gasteiger partial charge in [0.25, 0.3) is 0 Å². The molecule has 2 atom stereocenters. The summed E-state index contributed by atoms with van der Waals surface area (Å²) in [6.07, 6.45) is 7.00. The smallest absolute Gasteiger partial charge is 0.244 e. The molecule has 4 heteroatoms. The van der Waals surface area contributed by atoms with Crippen molar-refractivity contribution in [2.75, 3.05) is 6.54 Å². The van der Waals surface area contributed by atoms with E-state index in [1.807, 2.05) is 24.3 Å². The number of carbonyl (C=O) groups excluding carboxylic acids is 1. The normalized spacial score (nSPS) is 22.9. The average molecular weight is 338 g/mol. The van der Waals surface area contributed by atoms with Gasteiger partial charge >= 0.3 is 0 Å². The summed E-state index contributed by atoms with van der Waals surface area (Å²) in [6.45, 7) is 0.649. The van der Waals surface area contributed by atoms with Crippen LogP contribution in [-0.2, 0) is 4.79 Å². The first kappa shape index (κ1) is 15.3. The van der Waals surface area contributed by atoms with Gasteiger partial charge < -0.3 is 10.4 Å². The molecular weight excluding hydrogens is 318 g/mol. The minimum atomic E-state index is -0.193. The standard InChI is InChI=1S/C16H20BrNO2/c17-15-7-2-1-5-13(15)8-9-16(20)18-11-12-4-3-6-14(19)10-12/h1-2,5,7-9,12,14,19H,3-4,6,10-11H2,(H,18,20). The highest BCUT2D eigenvalue weighted by Crippen LogP contribution is 2.23. The molecule has 0 saturated heterocycles. The Balaban J connectivity index is 1.79. The van der Waals surface area contributed by atoms with E-state index in [0.29, 0.717) is 12.5 Å². The number of hydrogen-bond acceptors (Lipinski definition) is 2. The zero-order chi connectivity index (χ0) is 14.4. The number of benzene rings is 1. The second-order valence-corrected chi connectivity index (χ2v) is 6.14. The monoisotopic (exact) mass is 337 g/mol. The molecule has 1 fully saturated rings. The van der Waals surface area contributed by atoms with Crippen LogP contribution in [0.25, 0.3) is 6.08 Å². The second kappa shape index (κ2) is 7.60. The van der Waals surface area contributed by atoms with Crippen LogP contribution in [0.2, 0.25) is 0 Å². The van der Waals surface area contributed by atoms with Crippen LogP contribution in [-0.4, -0.2) is 23.7 Å². The molecule has 0 spiro atoms. The molecule has 0 heterocycles. The van der Waals surface area contributed by atoms with E-state index in [1.54, 1.807) is 12.2 Å². The number of nitrogens with one attached hydrogen (secondary N) is 1. The van der Waals surface area contributed by atoms with E-state index in [2.05, 4.69) is 21.2 Å². The third-order valence-electron chi connectivity index (χ3n) is 3.64. The molecule has 3 nitrogen and oxygen atoms in total. The predicted octanol–water partition coefficient (Wildman–Crippen LogP) is 3.13. The summed E-state index contributed by atoms with van der Waals surface area (Å²) in [5.41, 5.74) is 0.982. The van der Waals surface area contributed by atoms with Gasteiger partial charge in [-0.05, 0) is 42.9 Å². The van der Waals surface area contributed by atoms with Crippen LogP contribution in [0.4, 0.5) is 0 Å². The Bertz CT molecular complexity index is 487. The zero-order valence-electron chi connectivity index (χ0n) is 11.4. The van der Waals surface area contributed by atoms with E-state index in [4.69, 9.17) is 0 Å². The van der Waals surface area contributed by atoms with Crippen LogP contribution in [0.3, 0.4) is 0 Å². The molecule has 1 aliphatic rings. The van der Waals surface area contributed by atoms with Crippen molar-refractivity contribution in [3.05, 3.63) is 40.4 Å². The lowest BCUT2D eigenvalue weighted by Gasteiger charge is -2.25. The summed E-state index contributed by atoms with van der Waals surface area (Å²) in [7, 11) is 0. The number of hydrogen-bond donors (Lipinski definition) is 2. The fraction of sp³-hybridized carbons (Fsp3) is 0.438. The maximum atomic E-state index is 11.8. The molecule has 2 rings (SSSR count). The number of rotatable bonds is 4. The first-order chi connectivity index (χ1) is 9.65. The number of carbonyl (C=O) groups is 1. The topological polar surface area (TPSA) is 49.3 Å². The molecule has 2 unspecified atom stereocenters. The lowest BCUT2D eigenvalue weighted by atomic mass is 9.87. The molecule has 1 aromatic rings. The lowest BCUT2D eigenvalue weighted by molar-refractivity contribution is -0.116. The van der Waals surface area contributed by atoms with Crippen molar-refractivity contribution in [3.8, 4) is 0 Å². The number of halogens is 1. The van der Waals surface area contributed by atoms with Crippen LogP contribution in [0.1, 0.15) is 31.2 Å². The Morgan fingerprint density at radius 2 is 2.20 bits per heavy atom. The van der Waals surface area contributed by atoms with E-state index in [1.165, 1.54) is 0 Å².